The van der Waals surface area contributed by atoms with Crippen LogP contribution in [0.15, 0.2) is 11.4 Å². The summed E-state index contributed by atoms with van der Waals surface area (Å²) in [5, 5.41) is 21.2. The second kappa shape index (κ2) is 6.81. The molecule has 0 saturated heterocycles. The number of carbonyl (C=O) groups is 1. The van der Waals surface area contributed by atoms with Gasteiger partial charge in [0.25, 0.3) is 0 Å². The summed E-state index contributed by atoms with van der Waals surface area (Å²) in [6.07, 6.45) is 1.03. The Kier molecular flexibility index (Phi) is 5.05. The number of sulfonamides is 1. The van der Waals surface area contributed by atoms with Gasteiger partial charge in [-0.05, 0) is 21.9 Å². The van der Waals surface area contributed by atoms with E-state index in [0.29, 0.717) is 10.6 Å². The Labute approximate surface area is 129 Å². The number of anilines is 1. The molecular formula is C10H13N5O5S2. The number of esters is 1. The van der Waals surface area contributed by atoms with Crippen molar-refractivity contribution in [1.82, 2.24) is 20.2 Å². The van der Waals surface area contributed by atoms with Gasteiger partial charge in [0.1, 0.15) is 13.2 Å². The van der Waals surface area contributed by atoms with E-state index in [1.165, 1.54) is 16.0 Å². The molecule has 120 valence electrons. The zero-order valence-electron chi connectivity index (χ0n) is 11.5. The molecule has 0 aromatic carbocycles. The molecule has 2 aromatic heterocycles. The second-order valence-corrected chi connectivity index (χ2v) is 6.81. The Morgan fingerprint density at radius 2 is 2.32 bits per heavy atom. The quantitative estimate of drug-likeness (QED) is 0.628. The highest BCUT2D eigenvalue weighted by Crippen LogP contribution is 2.32. The van der Waals surface area contributed by atoms with Gasteiger partial charge in [-0.2, -0.15) is 0 Å². The maximum atomic E-state index is 11.5. The van der Waals surface area contributed by atoms with Crippen molar-refractivity contribution in [1.29, 1.82) is 0 Å². The van der Waals surface area contributed by atoms with Crippen LogP contribution in [-0.2, 0) is 26.1 Å². The molecule has 0 radical (unpaired) electrons. The molecule has 0 fully saturated rings. The smallest absolute Gasteiger partial charge is 0.328 e. The van der Waals surface area contributed by atoms with E-state index < -0.39 is 16.0 Å². The lowest BCUT2D eigenvalue weighted by molar-refractivity contribution is -0.145. The SMILES string of the molecule is CS(=O)(=O)Nc1ccsc1-c1nnnn1CC(=O)OCCO. The molecular weight excluding hydrogens is 334 g/mol. The molecule has 2 aromatic rings. The van der Waals surface area contributed by atoms with Crippen LogP contribution in [0.5, 0.6) is 0 Å². The van der Waals surface area contributed by atoms with Crippen LogP contribution in [0.25, 0.3) is 10.7 Å². The standard InChI is InChI=1S/C10H13N5O5S2/c1-22(18,19)12-7-2-5-21-9(7)10-11-13-14-15(10)6-8(17)20-4-3-16/h2,5,12,16H,3-4,6H2,1H3. The highest BCUT2D eigenvalue weighted by atomic mass is 32.2. The summed E-state index contributed by atoms with van der Waals surface area (Å²) >= 11 is 1.22. The number of hydrogen-bond acceptors (Lipinski definition) is 9. The molecule has 12 heteroatoms. The van der Waals surface area contributed by atoms with Crippen molar-refractivity contribution in [3.05, 3.63) is 11.4 Å². The Balaban J connectivity index is 2.23. The summed E-state index contributed by atoms with van der Waals surface area (Å²) in [5.74, 6) is -0.376. The zero-order chi connectivity index (χ0) is 16.2. The molecule has 2 heterocycles. The van der Waals surface area contributed by atoms with Gasteiger partial charge in [-0.25, -0.2) is 13.1 Å². The predicted octanol–water partition coefficient (Wildman–Crippen LogP) is -0.691. The van der Waals surface area contributed by atoms with Crippen molar-refractivity contribution in [3.8, 4) is 10.7 Å². The number of aliphatic hydroxyl groups is 1. The van der Waals surface area contributed by atoms with Crippen LogP contribution in [0.2, 0.25) is 0 Å². The van der Waals surface area contributed by atoms with E-state index in [1.807, 2.05) is 0 Å². The van der Waals surface area contributed by atoms with Gasteiger partial charge in [0.2, 0.25) is 10.0 Å². The molecule has 0 aliphatic carbocycles. The number of ether oxygens (including phenoxy) is 1. The van der Waals surface area contributed by atoms with Crippen molar-refractivity contribution >= 4 is 33.0 Å². The van der Waals surface area contributed by atoms with Crippen LogP contribution in [0.1, 0.15) is 0 Å². The molecule has 0 amide bonds. The number of tetrazole rings is 1. The summed E-state index contributed by atoms with van der Waals surface area (Å²) in [7, 11) is -3.45. The molecule has 0 atom stereocenters. The first-order valence-corrected chi connectivity index (χ1v) is 8.76. The van der Waals surface area contributed by atoms with Gasteiger partial charge >= 0.3 is 5.97 Å². The molecule has 2 N–H and O–H groups in total. The first-order chi connectivity index (χ1) is 10.4. The number of nitrogens with zero attached hydrogens (tertiary/aromatic N) is 4. The van der Waals surface area contributed by atoms with Crippen molar-refractivity contribution in [2.45, 2.75) is 6.54 Å². The maximum absolute atomic E-state index is 11.5. The Hall–Kier alpha value is -2.05. The highest BCUT2D eigenvalue weighted by Gasteiger charge is 2.19. The van der Waals surface area contributed by atoms with Crippen LogP contribution < -0.4 is 4.72 Å². The van der Waals surface area contributed by atoms with Crippen molar-refractivity contribution in [2.75, 3.05) is 24.2 Å². The minimum atomic E-state index is -3.45. The summed E-state index contributed by atoms with van der Waals surface area (Å²) < 4.78 is 31.0. The number of thiophene rings is 1. The molecule has 2 rings (SSSR count). The lowest BCUT2D eigenvalue weighted by Gasteiger charge is -2.06. The predicted molar refractivity (Wildman–Crippen MR) is 77.6 cm³/mol. The summed E-state index contributed by atoms with van der Waals surface area (Å²) in [5.41, 5.74) is 0.326. The summed E-state index contributed by atoms with van der Waals surface area (Å²) in [4.78, 5) is 12.0. The second-order valence-electron chi connectivity index (χ2n) is 4.14. The summed E-state index contributed by atoms with van der Waals surface area (Å²) in [6, 6.07) is 1.57. The van der Waals surface area contributed by atoms with Crippen LogP contribution in [0, 0.1) is 0 Å². The average Bonchev–Trinajstić information content (AvgIpc) is 3.03. The monoisotopic (exact) mass is 347 g/mol. The van der Waals surface area contributed by atoms with Gasteiger partial charge < -0.3 is 9.84 Å². The van der Waals surface area contributed by atoms with Crippen LogP contribution in [-0.4, -0.2) is 59.2 Å². The Morgan fingerprint density at radius 1 is 1.55 bits per heavy atom. The zero-order valence-corrected chi connectivity index (χ0v) is 13.1. The van der Waals surface area contributed by atoms with E-state index in [2.05, 4.69) is 20.2 Å². The fraction of sp³-hybridized carbons (Fsp3) is 0.400. The normalized spacial score (nSPS) is 11.4. The topological polar surface area (TPSA) is 136 Å². The molecule has 0 bridgehead atoms. The van der Waals surface area contributed by atoms with E-state index in [0.717, 1.165) is 6.26 Å². The lowest BCUT2D eigenvalue weighted by atomic mass is 10.4. The third-order valence-electron chi connectivity index (χ3n) is 2.33. The van der Waals surface area contributed by atoms with Crippen molar-refractivity contribution in [3.63, 3.8) is 0 Å². The Bertz CT molecular complexity index is 753. The molecule has 0 aliphatic rings. The van der Waals surface area contributed by atoms with Gasteiger partial charge in [0.15, 0.2) is 5.82 Å². The minimum absolute atomic E-state index is 0.115. The first-order valence-electron chi connectivity index (χ1n) is 5.99. The highest BCUT2D eigenvalue weighted by molar-refractivity contribution is 7.92. The molecule has 0 unspecified atom stereocenters. The van der Waals surface area contributed by atoms with Crippen molar-refractivity contribution < 1.29 is 23.1 Å². The van der Waals surface area contributed by atoms with Gasteiger partial charge in [0, 0.05) is 0 Å². The van der Waals surface area contributed by atoms with Gasteiger partial charge in [-0.3, -0.25) is 9.52 Å². The van der Waals surface area contributed by atoms with Crippen LogP contribution >= 0.6 is 11.3 Å². The number of rotatable bonds is 7. The number of aliphatic hydroxyl groups excluding tert-OH is 1. The van der Waals surface area contributed by atoms with Gasteiger partial charge in [-0.1, -0.05) is 0 Å². The number of carbonyl (C=O) groups excluding carboxylic acids is 1. The molecule has 10 nitrogen and oxygen atoms in total. The third kappa shape index (κ3) is 4.22. The largest absolute Gasteiger partial charge is 0.462 e. The third-order valence-corrected chi connectivity index (χ3v) is 3.83. The number of nitrogens with one attached hydrogen (secondary N) is 1. The fourth-order valence-electron chi connectivity index (χ4n) is 1.56. The molecule has 0 saturated carbocycles. The van der Waals surface area contributed by atoms with E-state index >= 15 is 0 Å². The van der Waals surface area contributed by atoms with E-state index in [9.17, 15) is 13.2 Å². The lowest BCUT2D eigenvalue weighted by Crippen LogP contribution is -2.17. The van der Waals surface area contributed by atoms with E-state index in [-0.39, 0.29) is 25.6 Å². The minimum Gasteiger partial charge on any atom is -0.462 e. The first kappa shape index (κ1) is 16.3. The van der Waals surface area contributed by atoms with Crippen LogP contribution in [0.4, 0.5) is 5.69 Å². The number of hydrogen-bond donors (Lipinski definition) is 2. The van der Waals surface area contributed by atoms with Crippen LogP contribution in [0.3, 0.4) is 0 Å². The molecule has 0 spiro atoms. The molecule has 22 heavy (non-hydrogen) atoms. The summed E-state index contributed by atoms with van der Waals surface area (Å²) in [6.45, 7) is -0.643. The Morgan fingerprint density at radius 3 is 3.00 bits per heavy atom. The van der Waals surface area contributed by atoms with Gasteiger partial charge in [0.05, 0.1) is 23.4 Å². The average molecular weight is 347 g/mol. The van der Waals surface area contributed by atoms with Gasteiger partial charge in [-0.15, -0.1) is 16.4 Å². The van der Waals surface area contributed by atoms with E-state index in [4.69, 9.17) is 9.84 Å². The van der Waals surface area contributed by atoms with E-state index in [1.54, 1.807) is 11.4 Å². The maximum Gasteiger partial charge on any atom is 0.328 e. The number of aromatic nitrogens is 4. The molecule has 0 aliphatic heterocycles. The van der Waals surface area contributed by atoms with Crippen molar-refractivity contribution in [2.24, 2.45) is 0 Å². The fourth-order valence-corrected chi connectivity index (χ4v) is 3.04.